The third kappa shape index (κ3) is 3.31. The lowest BCUT2D eigenvalue weighted by atomic mass is 10.3. The van der Waals surface area contributed by atoms with Crippen LogP contribution in [0.15, 0.2) is 10.5 Å². The quantitative estimate of drug-likeness (QED) is 0.671. The van der Waals surface area contributed by atoms with E-state index in [-0.39, 0.29) is 16.6 Å². The molecule has 0 bridgehead atoms. The van der Waals surface area contributed by atoms with Crippen molar-refractivity contribution in [3.8, 4) is 5.88 Å². The summed E-state index contributed by atoms with van der Waals surface area (Å²) in [6, 6.07) is 0.924. The predicted molar refractivity (Wildman–Crippen MR) is 46.5 cm³/mol. The molecule has 1 rings (SSSR count). The summed E-state index contributed by atoms with van der Waals surface area (Å²) in [7, 11) is 0. The molecule has 0 amide bonds. The van der Waals surface area contributed by atoms with Gasteiger partial charge in [-0.3, -0.25) is 0 Å². The van der Waals surface area contributed by atoms with Gasteiger partial charge >= 0.3 is 6.36 Å². The average molecular weight is 289 g/mol. The van der Waals surface area contributed by atoms with Gasteiger partial charge in [-0.1, -0.05) is 0 Å². The third-order valence-electron chi connectivity index (χ3n) is 1.40. The number of hydrogen-bond donors (Lipinski definition) is 1. The lowest BCUT2D eigenvalue weighted by Gasteiger charge is -2.11. The van der Waals surface area contributed by atoms with Crippen LogP contribution in [0.5, 0.6) is 5.88 Å². The van der Waals surface area contributed by atoms with Crippen LogP contribution in [0.3, 0.4) is 0 Å². The maximum absolute atomic E-state index is 12.7. The fourth-order valence-corrected chi connectivity index (χ4v) is 1.29. The van der Waals surface area contributed by atoms with Crippen LogP contribution in [0.4, 0.5) is 17.6 Å². The van der Waals surface area contributed by atoms with Crippen molar-refractivity contribution in [3.63, 3.8) is 0 Å². The molecular formula is C7H5BrF4N2O. The monoisotopic (exact) mass is 288 g/mol. The van der Waals surface area contributed by atoms with Crippen LogP contribution in [-0.4, -0.2) is 11.3 Å². The maximum Gasteiger partial charge on any atom is 0.574 e. The van der Waals surface area contributed by atoms with Gasteiger partial charge in [-0.2, -0.15) is 9.37 Å². The zero-order valence-electron chi connectivity index (χ0n) is 7.11. The van der Waals surface area contributed by atoms with Gasteiger partial charge in [0, 0.05) is 6.54 Å². The number of aromatic nitrogens is 1. The molecule has 0 aliphatic heterocycles. The van der Waals surface area contributed by atoms with Crippen LogP contribution in [0.2, 0.25) is 0 Å². The number of hydrogen-bond acceptors (Lipinski definition) is 3. The highest BCUT2D eigenvalue weighted by Crippen LogP contribution is 2.31. The number of ether oxygens (including phenoxy) is 1. The molecule has 0 aliphatic carbocycles. The van der Waals surface area contributed by atoms with Gasteiger partial charge in [0.1, 0.15) is 0 Å². The molecule has 0 fully saturated rings. The molecule has 3 nitrogen and oxygen atoms in total. The van der Waals surface area contributed by atoms with Gasteiger partial charge in [0.15, 0.2) is 0 Å². The summed E-state index contributed by atoms with van der Waals surface area (Å²) in [5.74, 6) is -1.97. The molecule has 0 aliphatic rings. The third-order valence-corrected chi connectivity index (χ3v) is 2.25. The van der Waals surface area contributed by atoms with Crippen molar-refractivity contribution in [2.24, 2.45) is 5.73 Å². The molecule has 0 spiro atoms. The molecule has 84 valence electrons. The largest absolute Gasteiger partial charge is 0.574 e. The number of pyridine rings is 1. The second kappa shape index (κ2) is 4.31. The first-order valence-electron chi connectivity index (χ1n) is 3.64. The Balaban J connectivity index is 3.12. The van der Waals surface area contributed by atoms with Crippen molar-refractivity contribution in [3.05, 3.63) is 22.1 Å². The summed E-state index contributed by atoms with van der Waals surface area (Å²) in [6.07, 6.45) is -4.92. The van der Waals surface area contributed by atoms with E-state index in [9.17, 15) is 17.6 Å². The van der Waals surface area contributed by atoms with E-state index >= 15 is 0 Å². The van der Waals surface area contributed by atoms with E-state index in [2.05, 4.69) is 25.7 Å². The van der Waals surface area contributed by atoms with Crippen LogP contribution in [0.1, 0.15) is 5.56 Å². The van der Waals surface area contributed by atoms with Crippen molar-refractivity contribution in [1.29, 1.82) is 0 Å². The van der Waals surface area contributed by atoms with Gasteiger partial charge in [0.2, 0.25) is 11.8 Å². The molecule has 0 radical (unpaired) electrons. The summed E-state index contributed by atoms with van der Waals surface area (Å²) in [6.45, 7) is -0.131. The zero-order valence-corrected chi connectivity index (χ0v) is 8.69. The van der Waals surface area contributed by atoms with Crippen LogP contribution in [0, 0.1) is 5.95 Å². The number of halogens is 5. The first-order chi connectivity index (χ1) is 6.83. The molecule has 0 atom stereocenters. The molecule has 0 unspecified atom stereocenters. The van der Waals surface area contributed by atoms with E-state index in [4.69, 9.17) is 5.73 Å². The maximum atomic E-state index is 12.7. The lowest BCUT2D eigenvalue weighted by Crippen LogP contribution is -2.19. The number of nitrogens with two attached hydrogens (primary N) is 1. The van der Waals surface area contributed by atoms with E-state index in [1.165, 1.54) is 0 Å². The standard InChI is InChI=1S/C7H5BrF4N2O/c8-5-3(2-13)1-4(9)14-6(5)15-7(10,11)12/h1H,2,13H2. The Labute approximate surface area is 90.4 Å². The minimum absolute atomic E-state index is 0.108. The molecule has 1 aromatic heterocycles. The van der Waals surface area contributed by atoms with Crippen LogP contribution >= 0.6 is 15.9 Å². The van der Waals surface area contributed by atoms with Crippen molar-refractivity contribution >= 4 is 15.9 Å². The van der Waals surface area contributed by atoms with Crippen LogP contribution < -0.4 is 10.5 Å². The Morgan fingerprint density at radius 1 is 1.47 bits per heavy atom. The minimum Gasteiger partial charge on any atom is -0.387 e. The first-order valence-corrected chi connectivity index (χ1v) is 4.43. The normalized spacial score (nSPS) is 11.6. The fraction of sp³-hybridized carbons (Fsp3) is 0.286. The molecular weight excluding hydrogens is 284 g/mol. The van der Waals surface area contributed by atoms with Crippen LogP contribution in [-0.2, 0) is 6.54 Å². The predicted octanol–water partition coefficient (Wildman–Crippen LogP) is 2.34. The molecule has 8 heteroatoms. The Bertz CT molecular complexity index is 369. The van der Waals surface area contributed by atoms with Gasteiger partial charge in [-0.15, -0.1) is 13.2 Å². The van der Waals surface area contributed by atoms with Gasteiger partial charge in [-0.05, 0) is 27.6 Å². The zero-order chi connectivity index (χ0) is 11.6. The molecule has 1 heterocycles. The Kier molecular flexibility index (Phi) is 3.50. The highest BCUT2D eigenvalue weighted by atomic mass is 79.9. The van der Waals surface area contributed by atoms with Crippen LogP contribution in [0.25, 0.3) is 0 Å². The molecule has 15 heavy (non-hydrogen) atoms. The molecule has 0 aromatic carbocycles. The van der Waals surface area contributed by atoms with E-state index in [1.54, 1.807) is 0 Å². The number of rotatable bonds is 2. The smallest absolute Gasteiger partial charge is 0.387 e. The van der Waals surface area contributed by atoms with Gasteiger partial charge in [0.05, 0.1) is 4.47 Å². The summed E-state index contributed by atoms with van der Waals surface area (Å²) in [4.78, 5) is 2.96. The van der Waals surface area contributed by atoms with E-state index < -0.39 is 18.2 Å². The summed E-state index contributed by atoms with van der Waals surface area (Å²) in [5, 5.41) is 0. The summed E-state index contributed by atoms with van der Waals surface area (Å²) in [5.41, 5.74) is 5.33. The summed E-state index contributed by atoms with van der Waals surface area (Å²) >= 11 is 2.79. The summed E-state index contributed by atoms with van der Waals surface area (Å²) < 4.78 is 51.7. The highest BCUT2D eigenvalue weighted by molar-refractivity contribution is 9.10. The van der Waals surface area contributed by atoms with Gasteiger partial charge in [0.25, 0.3) is 0 Å². The van der Waals surface area contributed by atoms with Crippen molar-refractivity contribution in [2.75, 3.05) is 0 Å². The number of nitrogens with zero attached hydrogens (tertiary/aromatic N) is 1. The minimum atomic E-state index is -4.92. The lowest BCUT2D eigenvalue weighted by molar-refractivity contribution is -0.276. The molecule has 0 saturated heterocycles. The Morgan fingerprint density at radius 2 is 2.07 bits per heavy atom. The van der Waals surface area contributed by atoms with Crippen molar-refractivity contribution in [1.82, 2.24) is 4.98 Å². The molecule has 1 aromatic rings. The number of alkyl halides is 3. The highest BCUT2D eigenvalue weighted by Gasteiger charge is 2.33. The van der Waals surface area contributed by atoms with Crippen molar-refractivity contribution < 1.29 is 22.3 Å². The first kappa shape index (κ1) is 12.2. The van der Waals surface area contributed by atoms with E-state index in [0.29, 0.717) is 0 Å². The van der Waals surface area contributed by atoms with Crippen molar-refractivity contribution in [2.45, 2.75) is 12.9 Å². The fourth-order valence-electron chi connectivity index (χ4n) is 0.849. The Hall–Kier alpha value is -0.890. The SMILES string of the molecule is NCc1cc(F)nc(OC(F)(F)F)c1Br. The second-order valence-corrected chi connectivity index (χ2v) is 3.27. The second-order valence-electron chi connectivity index (χ2n) is 2.48. The van der Waals surface area contributed by atoms with Gasteiger partial charge in [-0.25, -0.2) is 0 Å². The average Bonchev–Trinajstić information content (AvgIpc) is 2.08. The Morgan fingerprint density at radius 3 is 2.53 bits per heavy atom. The molecule has 2 N–H and O–H groups in total. The van der Waals surface area contributed by atoms with E-state index in [1.807, 2.05) is 0 Å². The topological polar surface area (TPSA) is 48.1 Å². The molecule has 0 saturated carbocycles. The van der Waals surface area contributed by atoms with Gasteiger partial charge < -0.3 is 10.5 Å². The van der Waals surface area contributed by atoms with E-state index in [0.717, 1.165) is 6.07 Å².